The third-order valence-corrected chi connectivity index (χ3v) is 5.09. The summed E-state index contributed by atoms with van der Waals surface area (Å²) in [6.45, 7) is 5.13. The molecule has 2 unspecified atom stereocenters. The molecule has 0 aliphatic rings. The third kappa shape index (κ3) is 7.58. The fraction of sp³-hybridized carbons (Fsp3) is 0.375. The van der Waals surface area contributed by atoms with Crippen molar-refractivity contribution >= 4 is 36.2 Å². The van der Waals surface area contributed by atoms with E-state index in [4.69, 9.17) is 9.47 Å². The Morgan fingerprint density at radius 3 is 2.15 bits per heavy atom. The molecule has 0 saturated carbocycles. The summed E-state index contributed by atoms with van der Waals surface area (Å²) in [5, 5.41) is 15.0. The van der Waals surface area contributed by atoms with Crippen LogP contribution in [0.4, 0.5) is 10.5 Å². The van der Waals surface area contributed by atoms with Crippen molar-refractivity contribution in [3.05, 3.63) is 54.1 Å². The summed E-state index contributed by atoms with van der Waals surface area (Å²) >= 11 is 4.19. The van der Waals surface area contributed by atoms with Gasteiger partial charge in [0.15, 0.2) is 0 Å². The minimum atomic E-state index is -1.06. The van der Waals surface area contributed by atoms with Crippen molar-refractivity contribution in [1.82, 2.24) is 10.2 Å². The second kappa shape index (κ2) is 11.6. The van der Waals surface area contributed by atoms with Gasteiger partial charge in [0.2, 0.25) is 5.91 Å². The predicted molar refractivity (Wildman–Crippen MR) is 132 cm³/mol. The number of alkyl carbamates (subject to hydrolysis) is 1. The fourth-order valence-corrected chi connectivity index (χ4v) is 3.35. The highest BCUT2D eigenvalue weighted by Crippen LogP contribution is 2.25. The van der Waals surface area contributed by atoms with Crippen molar-refractivity contribution in [3.8, 4) is 11.5 Å². The van der Waals surface area contributed by atoms with E-state index in [-0.39, 0.29) is 11.5 Å². The van der Waals surface area contributed by atoms with Crippen molar-refractivity contribution in [1.29, 1.82) is 0 Å². The summed E-state index contributed by atoms with van der Waals surface area (Å²) in [4.78, 5) is 40.0. The van der Waals surface area contributed by atoms with Gasteiger partial charge in [-0.15, -0.1) is 0 Å². The molecular weight excluding hydrogens is 458 g/mol. The van der Waals surface area contributed by atoms with E-state index < -0.39 is 35.6 Å². The zero-order valence-corrected chi connectivity index (χ0v) is 20.8. The molecule has 0 saturated heterocycles. The topological polar surface area (TPSA) is 117 Å². The number of carbonyl (C=O) groups excluding carboxylic acids is 3. The van der Waals surface area contributed by atoms with Crippen molar-refractivity contribution in [2.75, 3.05) is 25.2 Å². The first kappa shape index (κ1) is 26.8. The van der Waals surface area contributed by atoms with Gasteiger partial charge in [-0.2, -0.15) is 12.6 Å². The van der Waals surface area contributed by atoms with Gasteiger partial charge in [0, 0.05) is 18.5 Å². The number of hydrogen-bond acceptors (Lipinski definition) is 7. The highest BCUT2D eigenvalue weighted by atomic mass is 32.1. The number of benzene rings is 2. The molecule has 2 rings (SSSR count). The van der Waals surface area contributed by atoms with Crippen molar-refractivity contribution in [2.24, 2.45) is 0 Å². The average Bonchev–Trinajstić information content (AvgIpc) is 2.77. The van der Waals surface area contributed by atoms with Gasteiger partial charge in [0.25, 0.3) is 5.91 Å². The summed E-state index contributed by atoms with van der Waals surface area (Å²) < 4.78 is 10.4. The van der Waals surface area contributed by atoms with Crippen LogP contribution in [0.2, 0.25) is 0 Å². The highest BCUT2D eigenvalue weighted by Gasteiger charge is 2.33. The number of rotatable bonds is 8. The maximum absolute atomic E-state index is 13.3. The zero-order chi connectivity index (χ0) is 25.5. The van der Waals surface area contributed by atoms with E-state index in [0.29, 0.717) is 17.0 Å². The standard InChI is InChI=1S/C24H31N3O6S/c1-24(2,3)33-23(31)26-19(14-34)22(30)27(4)20(15-6-10-17(28)11-7-15)21(29)25-16-8-12-18(32-5)13-9-16/h6-13,19-20,28,34H,14H2,1-5H3,(H,25,29)(H,26,31). The molecule has 0 bridgehead atoms. The van der Waals surface area contributed by atoms with Crippen molar-refractivity contribution < 1.29 is 29.0 Å². The summed E-state index contributed by atoms with van der Waals surface area (Å²) in [6.07, 6.45) is -0.767. The lowest BCUT2D eigenvalue weighted by molar-refractivity contribution is -0.138. The van der Waals surface area contributed by atoms with Crippen LogP contribution in [0.1, 0.15) is 32.4 Å². The van der Waals surface area contributed by atoms with Gasteiger partial charge in [-0.1, -0.05) is 12.1 Å². The lowest BCUT2D eigenvalue weighted by Gasteiger charge is -2.31. The van der Waals surface area contributed by atoms with Crippen LogP contribution in [0.3, 0.4) is 0 Å². The molecule has 10 heteroatoms. The minimum absolute atomic E-state index is 0.00911. The van der Waals surface area contributed by atoms with Crippen LogP contribution in [0.25, 0.3) is 0 Å². The molecule has 34 heavy (non-hydrogen) atoms. The number of carbonyl (C=O) groups is 3. The molecule has 3 amide bonds. The number of anilines is 1. The molecule has 0 radical (unpaired) electrons. The van der Waals surface area contributed by atoms with Gasteiger partial charge < -0.3 is 30.1 Å². The highest BCUT2D eigenvalue weighted by molar-refractivity contribution is 7.80. The van der Waals surface area contributed by atoms with Gasteiger partial charge >= 0.3 is 6.09 Å². The molecule has 2 aromatic carbocycles. The number of phenolic OH excluding ortho intramolecular Hbond substituents is 1. The number of nitrogens with one attached hydrogen (secondary N) is 2. The second-order valence-corrected chi connectivity index (χ2v) is 8.91. The quantitative estimate of drug-likeness (QED) is 0.423. The van der Waals surface area contributed by atoms with E-state index in [1.54, 1.807) is 57.2 Å². The van der Waals surface area contributed by atoms with Crippen LogP contribution in [-0.4, -0.2) is 59.5 Å². The number of hydrogen-bond donors (Lipinski definition) is 4. The van der Waals surface area contributed by atoms with E-state index in [0.717, 1.165) is 0 Å². The largest absolute Gasteiger partial charge is 0.508 e. The predicted octanol–water partition coefficient (Wildman–Crippen LogP) is 3.36. The van der Waals surface area contributed by atoms with E-state index >= 15 is 0 Å². The Morgan fingerprint density at radius 2 is 1.65 bits per heavy atom. The summed E-state index contributed by atoms with van der Waals surface area (Å²) in [7, 11) is 3.00. The Morgan fingerprint density at radius 1 is 1.06 bits per heavy atom. The normalized spacial score (nSPS) is 12.8. The Bertz CT molecular complexity index is 989. The lowest BCUT2D eigenvalue weighted by atomic mass is 10.0. The second-order valence-electron chi connectivity index (χ2n) is 8.54. The first-order chi connectivity index (χ1) is 15.9. The Kier molecular flexibility index (Phi) is 9.19. The van der Waals surface area contributed by atoms with Crippen LogP contribution in [0.5, 0.6) is 11.5 Å². The minimum Gasteiger partial charge on any atom is -0.508 e. The molecular formula is C24H31N3O6S. The smallest absolute Gasteiger partial charge is 0.408 e. The van der Waals surface area contributed by atoms with E-state index in [1.807, 2.05) is 0 Å². The van der Waals surface area contributed by atoms with Crippen LogP contribution >= 0.6 is 12.6 Å². The van der Waals surface area contributed by atoms with Gasteiger partial charge in [-0.25, -0.2) is 4.79 Å². The molecule has 0 heterocycles. The molecule has 9 nitrogen and oxygen atoms in total. The van der Waals surface area contributed by atoms with Crippen LogP contribution < -0.4 is 15.4 Å². The first-order valence-electron chi connectivity index (χ1n) is 10.6. The molecule has 0 fully saturated rings. The number of phenols is 1. The number of nitrogens with zero attached hydrogens (tertiary/aromatic N) is 1. The van der Waals surface area contributed by atoms with Gasteiger partial charge in [0.1, 0.15) is 29.2 Å². The van der Waals surface area contributed by atoms with Crippen LogP contribution in [0, 0.1) is 0 Å². The number of aromatic hydroxyl groups is 1. The number of likely N-dealkylation sites (N-methyl/N-ethyl adjacent to an activating group) is 1. The molecule has 2 atom stereocenters. The molecule has 3 N–H and O–H groups in total. The average molecular weight is 490 g/mol. The summed E-state index contributed by atoms with van der Waals surface area (Å²) in [5.74, 6) is -0.382. The Hall–Kier alpha value is -3.40. The number of ether oxygens (including phenoxy) is 2. The molecule has 0 aromatic heterocycles. The zero-order valence-electron chi connectivity index (χ0n) is 19.9. The molecule has 0 spiro atoms. The lowest BCUT2D eigenvalue weighted by Crippen LogP contribution is -2.52. The van der Waals surface area contributed by atoms with Gasteiger partial charge in [-0.3, -0.25) is 9.59 Å². The molecule has 0 aliphatic carbocycles. The van der Waals surface area contributed by atoms with Gasteiger partial charge in [-0.05, 0) is 62.7 Å². The van der Waals surface area contributed by atoms with E-state index in [1.165, 1.54) is 31.2 Å². The van der Waals surface area contributed by atoms with Gasteiger partial charge in [0.05, 0.1) is 7.11 Å². The maximum atomic E-state index is 13.3. The van der Waals surface area contributed by atoms with Crippen LogP contribution in [0.15, 0.2) is 48.5 Å². The monoisotopic (exact) mass is 489 g/mol. The first-order valence-corrected chi connectivity index (χ1v) is 11.2. The molecule has 184 valence electrons. The fourth-order valence-electron chi connectivity index (χ4n) is 3.10. The van der Waals surface area contributed by atoms with E-state index in [2.05, 4.69) is 23.3 Å². The van der Waals surface area contributed by atoms with E-state index in [9.17, 15) is 19.5 Å². The Labute approximate surface area is 204 Å². The number of methoxy groups -OCH3 is 1. The van der Waals surface area contributed by atoms with Crippen molar-refractivity contribution in [2.45, 2.75) is 38.5 Å². The SMILES string of the molecule is COc1ccc(NC(=O)C(c2ccc(O)cc2)N(C)C(=O)C(CS)NC(=O)OC(C)(C)C)cc1. The summed E-state index contributed by atoms with van der Waals surface area (Å²) in [5.41, 5.74) is 0.232. The van der Waals surface area contributed by atoms with Crippen molar-refractivity contribution in [3.63, 3.8) is 0 Å². The third-order valence-electron chi connectivity index (χ3n) is 4.72. The van der Waals surface area contributed by atoms with Crippen LogP contribution in [-0.2, 0) is 14.3 Å². The molecule has 2 aromatic rings. The number of amides is 3. The Balaban J connectivity index is 2.29. The maximum Gasteiger partial charge on any atom is 0.408 e. The summed E-state index contributed by atoms with van der Waals surface area (Å²) in [6, 6.07) is 10.6. The number of thiol groups is 1. The molecule has 0 aliphatic heterocycles.